The number of anilines is 2. The smallest absolute Gasteiger partial charge is 0.228 e. The van der Waals surface area contributed by atoms with Gasteiger partial charge in [-0.05, 0) is 45.2 Å². The summed E-state index contributed by atoms with van der Waals surface area (Å²) in [6.45, 7) is 8.85. The van der Waals surface area contributed by atoms with Crippen LogP contribution < -0.4 is 14.5 Å². The molecule has 0 atom stereocenters. The molecule has 8 nitrogen and oxygen atoms in total. The number of rotatable bonds is 5. The van der Waals surface area contributed by atoms with Crippen molar-refractivity contribution in [2.45, 2.75) is 26.3 Å². The summed E-state index contributed by atoms with van der Waals surface area (Å²) in [6.07, 6.45) is 1.41. The van der Waals surface area contributed by atoms with Gasteiger partial charge in [-0.3, -0.25) is 0 Å². The Morgan fingerprint density at radius 2 is 1.79 bits per heavy atom. The Labute approximate surface area is 219 Å². The Hall–Kier alpha value is -3.79. The number of likely N-dealkylation sites (N-methyl/N-ethyl adjacent to an activating group) is 1. The van der Waals surface area contributed by atoms with Crippen molar-refractivity contribution in [3.05, 3.63) is 59.7 Å². The summed E-state index contributed by atoms with van der Waals surface area (Å²) < 4.78 is 41.5. The summed E-state index contributed by atoms with van der Waals surface area (Å²) in [6, 6.07) is 9.01. The molecule has 38 heavy (non-hydrogen) atoms. The van der Waals surface area contributed by atoms with Crippen LogP contribution in [0.15, 0.2) is 40.9 Å². The Morgan fingerprint density at radius 1 is 0.974 bits per heavy atom. The third-order valence-electron chi connectivity index (χ3n) is 7.18. The van der Waals surface area contributed by atoms with Gasteiger partial charge in [-0.2, -0.15) is 0 Å². The van der Waals surface area contributed by atoms with Crippen molar-refractivity contribution in [2.75, 3.05) is 56.2 Å². The van der Waals surface area contributed by atoms with E-state index in [1.54, 1.807) is 6.07 Å². The Kier molecular flexibility index (Phi) is 6.35. The Bertz CT molecular complexity index is 1480. The van der Waals surface area contributed by atoms with Crippen molar-refractivity contribution in [3.8, 4) is 17.0 Å². The minimum absolute atomic E-state index is 0.0439. The molecule has 1 fully saturated rings. The molecule has 0 unspecified atom stereocenters. The molecule has 198 valence electrons. The van der Waals surface area contributed by atoms with Gasteiger partial charge >= 0.3 is 0 Å². The van der Waals surface area contributed by atoms with Gasteiger partial charge in [-0.15, -0.1) is 0 Å². The second kappa shape index (κ2) is 9.83. The average Bonchev–Trinajstić information content (AvgIpc) is 3.33. The van der Waals surface area contributed by atoms with Crippen LogP contribution in [0, 0.1) is 11.6 Å². The molecule has 5 heterocycles. The van der Waals surface area contributed by atoms with Gasteiger partial charge in [0.25, 0.3) is 0 Å². The molecule has 2 aliphatic rings. The molecule has 3 aromatic heterocycles. The van der Waals surface area contributed by atoms with Crippen LogP contribution in [0.25, 0.3) is 22.4 Å². The number of pyridine rings is 1. The Balaban J connectivity index is 1.28. The van der Waals surface area contributed by atoms with Crippen molar-refractivity contribution < 1.29 is 17.9 Å². The SMILES string of the molecule is CC(C)N1CCOc2c(F)cc(-c3nc(Cc4ccc5cc(N6CCN(C)CC6)oc5n4)ncc3F)cc21. The van der Waals surface area contributed by atoms with Crippen molar-refractivity contribution in [2.24, 2.45) is 0 Å². The van der Waals surface area contributed by atoms with Crippen molar-refractivity contribution >= 4 is 22.7 Å². The molecular weight excluding hydrogens is 490 g/mol. The van der Waals surface area contributed by atoms with Gasteiger partial charge in [0.05, 0.1) is 30.5 Å². The molecule has 0 spiro atoms. The predicted molar refractivity (Wildman–Crippen MR) is 142 cm³/mol. The second-order valence-electron chi connectivity index (χ2n) is 10.2. The fourth-order valence-electron chi connectivity index (χ4n) is 5.05. The molecule has 1 saturated heterocycles. The van der Waals surface area contributed by atoms with Crippen LogP contribution >= 0.6 is 0 Å². The molecule has 10 heteroatoms. The monoisotopic (exact) mass is 520 g/mol. The third kappa shape index (κ3) is 4.64. The summed E-state index contributed by atoms with van der Waals surface area (Å²) >= 11 is 0. The number of nitrogens with zero attached hydrogens (tertiary/aromatic N) is 6. The summed E-state index contributed by atoms with van der Waals surface area (Å²) in [5, 5.41) is 0.921. The highest BCUT2D eigenvalue weighted by atomic mass is 19.1. The largest absolute Gasteiger partial charge is 0.486 e. The molecule has 0 bridgehead atoms. The zero-order chi connectivity index (χ0) is 26.4. The van der Waals surface area contributed by atoms with Gasteiger partial charge in [0.15, 0.2) is 23.3 Å². The fraction of sp³-hybridized carbons (Fsp3) is 0.393. The standard InChI is InChI=1S/C28H30F2N6O2/c1-17(2)36-10-11-37-27-21(29)12-19(13-23(27)36)26-22(30)16-31-24(33-26)15-20-5-4-18-14-25(38-28(18)32-20)35-8-6-34(3)7-9-35/h4-5,12-14,16-17H,6-11,15H2,1-3H3. The van der Waals surface area contributed by atoms with Crippen molar-refractivity contribution in [3.63, 3.8) is 0 Å². The maximum atomic E-state index is 15.0. The van der Waals surface area contributed by atoms with E-state index < -0.39 is 11.6 Å². The lowest BCUT2D eigenvalue weighted by atomic mass is 10.1. The minimum atomic E-state index is -0.618. The highest BCUT2D eigenvalue weighted by Crippen LogP contribution is 2.39. The molecular formula is C28H30F2N6O2. The van der Waals surface area contributed by atoms with Crippen molar-refractivity contribution in [1.29, 1.82) is 0 Å². The van der Waals surface area contributed by atoms with E-state index in [4.69, 9.17) is 9.15 Å². The van der Waals surface area contributed by atoms with Gasteiger partial charge in [0.2, 0.25) is 5.71 Å². The van der Waals surface area contributed by atoms with Crippen LogP contribution in [0.1, 0.15) is 25.4 Å². The Morgan fingerprint density at radius 3 is 2.58 bits per heavy atom. The van der Waals surface area contributed by atoms with E-state index in [1.807, 2.05) is 36.9 Å². The first-order valence-electron chi connectivity index (χ1n) is 12.9. The van der Waals surface area contributed by atoms with Gasteiger partial charge in [-0.1, -0.05) is 0 Å². The van der Waals surface area contributed by atoms with Gasteiger partial charge < -0.3 is 23.9 Å². The number of hydrogen-bond acceptors (Lipinski definition) is 8. The highest BCUT2D eigenvalue weighted by Gasteiger charge is 2.26. The van der Waals surface area contributed by atoms with E-state index in [1.165, 1.54) is 6.07 Å². The zero-order valence-electron chi connectivity index (χ0n) is 21.7. The molecule has 4 aromatic rings. The third-order valence-corrected chi connectivity index (χ3v) is 7.18. The number of aromatic nitrogens is 3. The molecule has 0 radical (unpaired) electrons. The maximum absolute atomic E-state index is 15.0. The maximum Gasteiger partial charge on any atom is 0.228 e. The normalized spacial score (nSPS) is 16.3. The van der Waals surface area contributed by atoms with Crippen LogP contribution in [-0.2, 0) is 6.42 Å². The summed E-state index contributed by atoms with van der Waals surface area (Å²) in [7, 11) is 2.11. The first kappa shape index (κ1) is 24.5. The summed E-state index contributed by atoms with van der Waals surface area (Å²) in [4.78, 5) is 19.9. The second-order valence-corrected chi connectivity index (χ2v) is 10.2. The lowest BCUT2D eigenvalue weighted by Crippen LogP contribution is -2.44. The van der Waals surface area contributed by atoms with Crippen LogP contribution in [0.4, 0.5) is 20.4 Å². The van der Waals surface area contributed by atoms with Crippen LogP contribution in [0.3, 0.4) is 0 Å². The van der Waals surface area contributed by atoms with Crippen molar-refractivity contribution in [1.82, 2.24) is 19.9 Å². The summed E-state index contributed by atoms with van der Waals surface area (Å²) in [5.74, 6) is 0.229. The van der Waals surface area contributed by atoms with E-state index >= 15 is 0 Å². The quantitative estimate of drug-likeness (QED) is 0.381. The lowest BCUT2D eigenvalue weighted by Gasteiger charge is -2.34. The number of halogens is 2. The molecule has 0 N–H and O–H groups in total. The fourth-order valence-corrected chi connectivity index (χ4v) is 5.05. The molecule has 6 rings (SSSR count). The first-order valence-corrected chi connectivity index (χ1v) is 12.9. The van der Waals surface area contributed by atoms with Crippen LogP contribution in [-0.4, -0.2) is 72.3 Å². The molecule has 0 amide bonds. The summed E-state index contributed by atoms with van der Waals surface area (Å²) in [5.41, 5.74) is 2.23. The molecule has 2 aliphatic heterocycles. The number of fused-ring (bicyclic) bond motifs is 2. The van der Waals surface area contributed by atoms with Gasteiger partial charge in [0, 0.05) is 49.2 Å². The van der Waals surface area contributed by atoms with E-state index in [0.29, 0.717) is 41.6 Å². The van der Waals surface area contributed by atoms with Crippen LogP contribution in [0.2, 0.25) is 0 Å². The molecule has 0 aliphatic carbocycles. The van der Waals surface area contributed by atoms with Gasteiger partial charge in [-0.25, -0.2) is 23.7 Å². The lowest BCUT2D eigenvalue weighted by molar-refractivity contribution is 0.287. The zero-order valence-corrected chi connectivity index (χ0v) is 21.7. The molecule has 0 saturated carbocycles. The number of piperazine rings is 1. The number of benzene rings is 1. The minimum Gasteiger partial charge on any atom is -0.486 e. The first-order chi connectivity index (χ1) is 18.4. The van der Waals surface area contributed by atoms with Gasteiger partial charge in [0.1, 0.15) is 18.1 Å². The molecule has 1 aromatic carbocycles. The van der Waals surface area contributed by atoms with Crippen LogP contribution in [0.5, 0.6) is 5.75 Å². The highest BCUT2D eigenvalue weighted by molar-refractivity contribution is 5.78. The van der Waals surface area contributed by atoms with E-state index in [2.05, 4.69) is 31.8 Å². The predicted octanol–water partition coefficient (Wildman–Crippen LogP) is 4.51. The van der Waals surface area contributed by atoms with E-state index in [0.717, 1.165) is 43.6 Å². The van der Waals surface area contributed by atoms with E-state index in [-0.39, 0.29) is 23.9 Å². The number of ether oxygens (including phenoxy) is 1. The number of hydrogen-bond donors (Lipinski definition) is 0. The topological polar surface area (TPSA) is 70.8 Å². The number of furan rings is 1. The average molecular weight is 521 g/mol. The van der Waals surface area contributed by atoms with E-state index in [9.17, 15) is 8.78 Å².